The van der Waals surface area contributed by atoms with Crippen molar-refractivity contribution in [2.75, 3.05) is 51.1 Å². The van der Waals surface area contributed by atoms with Gasteiger partial charge in [-0.3, -0.25) is 24.1 Å². The third kappa shape index (κ3) is 10.9. The minimum Gasteiger partial charge on any atom is -0.508 e. The number of phenolic OH excluding ortho intramolecular Hbond substituents is 2. The molecule has 4 N–H and O–H groups in total. The molecule has 0 spiro atoms. The van der Waals surface area contributed by atoms with E-state index in [1.807, 2.05) is 18.7 Å². The van der Waals surface area contributed by atoms with E-state index >= 15 is 0 Å². The largest absolute Gasteiger partial charge is 0.508 e. The van der Waals surface area contributed by atoms with Crippen molar-refractivity contribution in [2.45, 2.75) is 64.5 Å². The van der Waals surface area contributed by atoms with Crippen molar-refractivity contribution < 1.29 is 51.3 Å². The Hall–Kier alpha value is -7.34. The number of halogens is 6. The maximum Gasteiger partial charge on any atom is 0.416 e. The van der Waals surface area contributed by atoms with Crippen molar-refractivity contribution in [1.82, 2.24) is 24.9 Å². The Labute approximate surface area is 440 Å². The fraction of sp³-hybridized carbons (Fsp3) is 0.310. The van der Waals surface area contributed by atoms with Crippen LogP contribution in [0.4, 0.5) is 27.6 Å². The van der Waals surface area contributed by atoms with E-state index in [-0.39, 0.29) is 68.3 Å². The third-order valence-corrected chi connectivity index (χ3v) is 15.4. The monoisotopic (exact) mass is 1060 g/mol. The summed E-state index contributed by atoms with van der Waals surface area (Å²) in [5.74, 6) is -3.87. The van der Waals surface area contributed by atoms with Gasteiger partial charge in [-0.25, -0.2) is 8.78 Å². The Morgan fingerprint density at radius 2 is 1.43 bits per heavy atom. The van der Waals surface area contributed by atoms with Crippen LogP contribution in [0.15, 0.2) is 103 Å². The van der Waals surface area contributed by atoms with Gasteiger partial charge in [-0.1, -0.05) is 55.8 Å². The number of carbonyl (C=O) groups excluding carboxylic acids is 4. The second kappa shape index (κ2) is 21.0. The summed E-state index contributed by atoms with van der Waals surface area (Å²) in [7, 11) is 0. The highest BCUT2D eigenvalue weighted by atomic mass is 35.5. The lowest BCUT2D eigenvalue weighted by Gasteiger charge is -2.39. The van der Waals surface area contributed by atoms with Crippen molar-refractivity contribution in [1.29, 1.82) is 0 Å². The highest BCUT2D eigenvalue weighted by Crippen LogP contribution is 2.43. The molecule has 1 unspecified atom stereocenters. The van der Waals surface area contributed by atoms with Crippen LogP contribution in [0.3, 0.4) is 0 Å². The number of hydrogen-bond donors (Lipinski definition) is 4. The molecular weight excluding hydrogens is 1010 g/mol. The highest BCUT2D eigenvalue weighted by molar-refractivity contribution is 6.31. The van der Waals surface area contributed by atoms with Gasteiger partial charge in [0.1, 0.15) is 23.1 Å². The first-order valence-corrected chi connectivity index (χ1v) is 25.6. The molecule has 0 bridgehead atoms. The lowest BCUT2D eigenvalue weighted by atomic mass is 9.92. The average molecular weight is 1060 g/mol. The highest BCUT2D eigenvalue weighted by Gasteiger charge is 2.37. The van der Waals surface area contributed by atoms with E-state index in [1.165, 1.54) is 23.8 Å². The van der Waals surface area contributed by atoms with E-state index in [0.717, 1.165) is 75.4 Å². The first-order chi connectivity index (χ1) is 36.3. The number of rotatable bonds is 11. The Morgan fingerprint density at radius 1 is 0.724 bits per heavy atom. The second-order valence-electron chi connectivity index (χ2n) is 20.5. The number of likely N-dealkylation sites (tertiary alicyclic amines) is 1. The van der Waals surface area contributed by atoms with Gasteiger partial charge in [0.15, 0.2) is 0 Å². The van der Waals surface area contributed by atoms with E-state index in [9.17, 15) is 51.3 Å². The molecule has 0 radical (unpaired) electrons. The van der Waals surface area contributed by atoms with Gasteiger partial charge in [-0.2, -0.15) is 13.2 Å². The molecular formula is C58H54ClF5N6O6. The molecule has 4 amide bonds. The van der Waals surface area contributed by atoms with Gasteiger partial charge in [-0.05, 0) is 125 Å². The molecule has 2 saturated heterocycles. The number of piperidine rings is 1. The molecule has 0 saturated carbocycles. The minimum absolute atomic E-state index is 0.0138. The van der Waals surface area contributed by atoms with Crippen molar-refractivity contribution >= 4 is 40.9 Å². The number of nitrogens with zero attached hydrogens (tertiary/aromatic N) is 4. The molecule has 0 aliphatic carbocycles. The molecule has 1 atom stereocenters. The molecule has 18 heteroatoms. The summed E-state index contributed by atoms with van der Waals surface area (Å²) >= 11 is 6.46. The van der Waals surface area contributed by atoms with Crippen molar-refractivity contribution in [3.8, 4) is 22.6 Å². The van der Waals surface area contributed by atoms with Crippen LogP contribution < -0.4 is 10.6 Å². The minimum atomic E-state index is -4.94. The van der Waals surface area contributed by atoms with Gasteiger partial charge in [0.25, 0.3) is 23.6 Å². The molecule has 394 valence electrons. The predicted octanol–water partition coefficient (Wildman–Crippen LogP) is 10.7. The van der Waals surface area contributed by atoms with Crippen LogP contribution in [-0.4, -0.2) is 99.3 Å². The first-order valence-electron chi connectivity index (χ1n) is 25.2. The van der Waals surface area contributed by atoms with Crippen LogP contribution in [0.2, 0.25) is 5.02 Å². The lowest BCUT2D eigenvalue weighted by molar-refractivity contribution is -0.137. The molecule has 10 rings (SSSR count). The zero-order valence-electron chi connectivity index (χ0n) is 41.6. The van der Waals surface area contributed by atoms with Crippen LogP contribution in [-0.2, 0) is 25.8 Å². The van der Waals surface area contributed by atoms with E-state index in [2.05, 4.69) is 38.6 Å². The van der Waals surface area contributed by atoms with Gasteiger partial charge >= 0.3 is 6.18 Å². The molecule has 12 nitrogen and oxygen atoms in total. The van der Waals surface area contributed by atoms with E-state index in [1.54, 1.807) is 41.3 Å². The zero-order valence-corrected chi connectivity index (χ0v) is 42.4. The van der Waals surface area contributed by atoms with Crippen molar-refractivity contribution in [2.24, 2.45) is 5.92 Å². The average Bonchev–Trinajstić information content (AvgIpc) is 3.99. The van der Waals surface area contributed by atoms with Crippen molar-refractivity contribution in [3.05, 3.63) is 181 Å². The van der Waals surface area contributed by atoms with Gasteiger partial charge in [0.05, 0.1) is 17.2 Å². The fourth-order valence-corrected chi connectivity index (χ4v) is 11.1. The Bertz CT molecular complexity index is 3280. The number of fused-ring (bicyclic) bond motifs is 2. The molecule has 4 heterocycles. The summed E-state index contributed by atoms with van der Waals surface area (Å²) in [4.78, 5) is 63.0. The first kappa shape index (κ1) is 52.1. The summed E-state index contributed by atoms with van der Waals surface area (Å²) in [6.07, 6.45) is -3.24. The number of benzene rings is 6. The standard InChI is InChI=1S/C58H54ClF5N6O6/c1-32(2)44-26-46(51(72)27-50(44)71)57(76)70-30-37-4-3-34(19-40(37)31-70)29-68-17-15-67(16-18-68)28-33-11-13-69(14-12-33)56(75)36-7-5-35(6-8-36)38-22-47-52(53(66-55(47)74)45-25-42(60)9-10-48(45)59)49(23-38)65-54(73)39-20-41(58(62,63)64)24-43(61)21-39/h3-10,19-27,32-33,53,71-72H,11-18,28-31H2,1-2H3,(H,65,73)(H,66,74). The number of alkyl halides is 3. The number of hydrogen-bond acceptors (Lipinski definition) is 8. The summed E-state index contributed by atoms with van der Waals surface area (Å²) < 4.78 is 69.8. The zero-order chi connectivity index (χ0) is 53.7. The van der Waals surface area contributed by atoms with E-state index < -0.39 is 46.8 Å². The maximum absolute atomic E-state index is 14.5. The number of nitrogens with one attached hydrogen (secondary N) is 2. The Morgan fingerprint density at radius 3 is 2.14 bits per heavy atom. The summed E-state index contributed by atoms with van der Waals surface area (Å²) in [6.45, 7) is 11.3. The lowest BCUT2D eigenvalue weighted by Crippen LogP contribution is -2.48. The van der Waals surface area contributed by atoms with E-state index in [4.69, 9.17) is 11.6 Å². The van der Waals surface area contributed by atoms with Crippen LogP contribution in [0.5, 0.6) is 11.5 Å². The number of amides is 4. The number of aromatic hydroxyl groups is 2. The molecule has 4 aliphatic rings. The molecule has 0 aromatic heterocycles. The number of carbonyl (C=O) groups is 4. The molecule has 2 fully saturated rings. The predicted molar refractivity (Wildman–Crippen MR) is 276 cm³/mol. The van der Waals surface area contributed by atoms with Gasteiger partial charge in [0.2, 0.25) is 0 Å². The topological polar surface area (TPSA) is 146 Å². The van der Waals surface area contributed by atoms with Gasteiger partial charge in [0, 0.05) is 110 Å². The Kier molecular flexibility index (Phi) is 14.4. The Balaban J connectivity index is 0.744. The normalized spacial score (nSPS) is 17.2. The van der Waals surface area contributed by atoms with Crippen LogP contribution in [0, 0.1) is 17.6 Å². The SMILES string of the molecule is CC(C)c1cc(C(=O)N2Cc3ccc(CN4CCN(CC5CCN(C(=O)c6ccc(-c7cc(NC(=O)c8cc(F)cc(C(F)(F)F)c8)c8c(c7)C(=O)NC8c7cc(F)ccc7Cl)cc6)CC5)CC4)cc3C2)c(O)cc1O. The van der Waals surface area contributed by atoms with Crippen LogP contribution >= 0.6 is 11.6 Å². The quantitative estimate of drug-likeness (QED) is 0.0939. The number of phenols is 2. The van der Waals surface area contributed by atoms with Crippen molar-refractivity contribution in [3.63, 3.8) is 0 Å². The number of piperazine rings is 1. The van der Waals surface area contributed by atoms with Gasteiger partial charge in [-0.15, -0.1) is 0 Å². The van der Waals surface area contributed by atoms with Crippen LogP contribution in [0.25, 0.3) is 11.1 Å². The molecule has 4 aliphatic heterocycles. The second-order valence-corrected chi connectivity index (χ2v) is 20.9. The third-order valence-electron chi connectivity index (χ3n) is 15.0. The summed E-state index contributed by atoms with van der Waals surface area (Å²) in [5, 5.41) is 26.2. The number of anilines is 1. The maximum atomic E-state index is 14.5. The van der Waals surface area contributed by atoms with E-state index in [0.29, 0.717) is 66.5 Å². The molecule has 6 aromatic rings. The smallest absolute Gasteiger partial charge is 0.416 e. The summed E-state index contributed by atoms with van der Waals surface area (Å²) in [6, 6.07) is 23.0. The fourth-order valence-electron chi connectivity index (χ4n) is 10.9. The van der Waals surface area contributed by atoms with Crippen LogP contribution in [0.1, 0.15) is 119 Å². The molecule has 76 heavy (non-hydrogen) atoms. The molecule has 6 aromatic carbocycles. The van der Waals surface area contributed by atoms with Gasteiger partial charge < -0.3 is 35.5 Å². The summed E-state index contributed by atoms with van der Waals surface area (Å²) in [5.41, 5.74) is 3.96.